The molecule has 1 spiro atoms. The van der Waals surface area contributed by atoms with Crippen molar-refractivity contribution < 1.29 is 86.2 Å². The van der Waals surface area contributed by atoms with Crippen LogP contribution in [-0.2, 0) is 76.0 Å². The Hall–Kier alpha value is -3.06. The first-order valence-electron chi connectivity index (χ1n) is 28.3. The third kappa shape index (κ3) is 12.8. The summed E-state index contributed by atoms with van der Waals surface area (Å²) in [4.78, 5) is 51.5. The lowest BCUT2D eigenvalue weighted by Gasteiger charge is -2.69. The minimum atomic E-state index is -0.959. The number of carbonyl (C=O) groups is 4. The molecule has 424 valence electrons. The van der Waals surface area contributed by atoms with E-state index in [0.717, 1.165) is 48.2 Å². The smallest absolute Gasteiger partial charge is 0.253 e. The summed E-state index contributed by atoms with van der Waals surface area (Å²) >= 11 is 0. The molecule has 9 bridgehead atoms. The van der Waals surface area contributed by atoms with Crippen molar-refractivity contribution in [2.75, 3.05) is 73.1 Å². The van der Waals surface area contributed by atoms with Gasteiger partial charge >= 0.3 is 0 Å². The molecule has 1 saturated carbocycles. The third-order valence-electron chi connectivity index (χ3n) is 17.9. The van der Waals surface area contributed by atoms with Crippen LogP contribution in [0, 0.1) is 23.7 Å². The maximum absolute atomic E-state index is 14.4. The Morgan fingerprint density at radius 1 is 0.750 bits per heavy atom. The van der Waals surface area contributed by atoms with E-state index < -0.39 is 36.3 Å². The van der Waals surface area contributed by atoms with Crippen LogP contribution in [-0.4, -0.2) is 209 Å². The van der Waals surface area contributed by atoms with Crippen molar-refractivity contribution in [3.8, 4) is 0 Å². The molecule has 0 radical (unpaired) electrons. The summed E-state index contributed by atoms with van der Waals surface area (Å²) in [6.07, 6.45) is 4.72. The zero-order chi connectivity index (χ0) is 53.1. The van der Waals surface area contributed by atoms with E-state index in [2.05, 4.69) is 25.4 Å². The number of imide groups is 1. The summed E-state index contributed by atoms with van der Waals surface area (Å²) in [5.74, 6) is -2.16. The van der Waals surface area contributed by atoms with Crippen molar-refractivity contribution in [1.82, 2.24) is 10.2 Å². The molecule has 0 aromatic carbocycles. The summed E-state index contributed by atoms with van der Waals surface area (Å²) in [6, 6.07) is 0. The second-order valence-corrected chi connectivity index (χ2v) is 22.9. The largest absolute Gasteiger partial charge is 0.392 e. The van der Waals surface area contributed by atoms with Gasteiger partial charge in [-0.3, -0.25) is 24.1 Å². The molecule has 20 nitrogen and oxygen atoms in total. The molecule has 3 N–H and O–H groups in total. The number of amides is 3. The highest BCUT2D eigenvalue weighted by Gasteiger charge is 2.72. The quantitative estimate of drug-likeness (QED) is 0.0904. The van der Waals surface area contributed by atoms with Crippen LogP contribution in [0.5, 0.6) is 0 Å². The van der Waals surface area contributed by atoms with Crippen LogP contribution in [0.2, 0.25) is 0 Å². The molecule has 10 aliphatic rings. The molecule has 76 heavy (non-hydrogen) atoms. The fourth-order valence-electron chi connectivity index (χ4n) is 13.9. The maximum atomic E-state index is 14.4. The molecule has 9 fully saturated rings. The lowest BCUT2D eigenvalue weighted by Crippen LogP contribution is -2.81. The fraction of sp³-hybridized carbons (Fsp3) is 0.821. The average Bonchev–Trinajstić information content (AvgIpc) is 4.13. The lowest BCUT2D eigenvalue weighted by atomic mass is 9.57. The first kappa shape index (κ1) is 56.2. The summed E-state index contributed by atoms with van der Waals surface area (Å²) in [6.45, 7) is 13.7. The van der Waals surface area contributed by atoms with E-state index in [1.54, 1.807) is 7.11 Å². The number of carbonyl (C=O) groups excluding carboxylic acids is 4. The molecule has 8 saturated heterocycles. The molecular formula is C56H82N2O18. The monoisotopic (exact) mass is 1070 g/mol. The van der Waals surface area contributed by atoms with E-state index in [1.165, 1.54) is 12.2 Å². The van der Waals surface area contributed by atoms with Crippen LogP contribution < -0.4 is 5.32 Å². The molecular weight excluding hydrogens is 989 g/mol. The van der Waals surface area contributed by atoms with Crippen molar-refractivity contribution in [3.05, 3.63) is 36.5 Å². The van der Waals surface area contributed by atoms with Gasteiger partial charge in [0, 0.05) is 88.5 Å². The van der Waals surface area contributed by atoms with Gasteiger partial charge in [-0.1, -0.05) is 20.1 Å². The van der Waals surface area contributed by atoms with E-state index in [0.29, 0.717) is 65.1 Å². The van der Waals surface area contributed by atoms with Crippen LogP contribution in [0.4, 0.5) is 0 Å². The molecule has 9 aliphatic heterocycles. The Labute approximate surface area is 446 Å². The highest BCUT2D eigenvalue weighted by atomic mass is 16.7. The number of aliphatic hydroxyl groups excluding tert-OH is 2. The van der Waals surface area contributed by atoms with E-state index in [-0.39, 0.29) is 167 Å². The van der Waals surface area contributed by atoms with Gasteiger partial charge in [0.1, 0.15) is 11.9 Å². The molecule has 1 unspecified atom stereocenters. The van der Waals surface area contributed by atoms with Crippen molar-refractivity contribution in [3.63, 3.8) is 0 Å². The number of aliphatic hydroxyl groups is 2. The van der Waals surface area contributed by atoms with Crippen molar-refractivity contribution in [2.45, 2.75) is 194 Å². The van der Waals surface area contributed by atoms with Crippen LogP contribution in [0.15, 0.2) is 36.5 Å². The Kier molecular flexibility index (Phi) is 18.6. The molecule has 20 heteroatoms. The number of methoxy groups -OCH3 is 1. The normalized spacial score (nSPS) is 41.4. The van der Waals surface area contributed by atoms with E-state index in [4.69, 9.17) is 56.8 Å². The molecule has 9 heterocycles. The van der Waals surface area contributed by atoms with Crippen molar-refractivity contribution >= 4 is 23.5 Å². The molecule has 1 aliphatic carbocycles. The third-order valence-corrected chi connectivity index (χ3v) is 17.9. The fourth-order valence-corrected chi connectivity index (χ4v) is 13.9. The summed E-state index contributed by atoms with van der Waals surface area (Å²) < 4.78 is 76.0. The van der Waals surface area contributed by atoms with Crippen molar-refractivity contribution in [2.24, 2.45) is 23.7 Å². The Balaban J connectivity index is 0.707. The molecule has 0 aromatic heterocycles. The number of fused-ring (bicyclic) bond motifs is 7. The van der Waals surface area contributed by atoms with Gasteiger partial charge in [-0.15, -0.1) is 0 Å². The van der Waals surface area contributed by atoms with Gasteiger partial charge in [0.2, 0.25) is 5.91 Å². The number of ether oxygens (including phenoxy) is 12. The Morgan fingerprint density at radius 2 is 1.43 bits per heavy atom. The minimum absolute atomic E-state index is 0.00112. The molecule has 0 aromatic rings. The number of nitrogens with zero attached hydrogens (tertiary/aromatic N) is 1. The van der Waals surface area contributed by atoms with Crippen LogP contribution in [0.3, 0.4) is 0 Å². The highest BCUT2D eigenvalue weighted by Crippen LogP contribution is 2.60. The number of hydrogen-bond acceptors (Lipinski definition) is 18. The summed E-state index contributed by atoms with van der Waals surface area (Å²) in [7, 11) is 1.62. The average molecular weight is 1070 g/mol. The SMILES string of the molecule is C=C1C[C@@H]2CC[C@]34C[C@@H](O)[C@@H]5C(O3)[C@@H]3[C@H]5O[C@H]5CC[C@H](CC(=O)C[C@@H]6[C@@H](OC)[C@@H](C[C@H](O)CNC(=O)CCOCCOCCOCCOCCN7C(=O)C=CC7=O)O[C@H]6C[C@H]6O[C@@H](CC[C@@H]1O2)C[C@@H](C)C6=C)O[C@@H]5[C@@H]3O4. The Morgan fingerprint density at radius 3 is 2.18 bits per heavy atom. The van der Waals surface area contributed by atoms with Crippen LogP contribution in [0.1, 0.15) is 96.8 Å². The number of Topliss-reactive ketones (excluding diaryl/α,β-unsaturated/α-hetero) is 1. The number of nitrogens with one attached hydrogen (secondary N) is 1. The predicted octanol–water partition coefficient (Wildman–Crippen LogP) is 2.82. The number of ketones is 1. The Bertz CT molecular complexity index is 2090. The van der Waals surface area contributed by atoms with Crippen LogP contribution >= 0.6 is 0 Å². The molecule has 3 amide bonds. The number of hydrogen-bond donors (Lipinski definition) is 3. The minimum Gasteiger partial charge on any atom is -0.392 e. The van der Waals surface area contributed by atoms with E-state index in [1.807, 2.05) is 0 Å². The number of rotatable bonds is 20. The van der Waals surface area contributed by atoms with Gasteiger partial charge in [-0.05, 0) is 62.0 Å². The van der Waals surface area contributed by atoms with Gasteiger partial charge in [0.25, 0.3) is 11.8 Å². The zero-order valence-corrected chi connectivity index (χ0v) is 44.4. The second-order valence-electron chi connectivity index (χ2n) is 22.9. The maximum Gasteiger partial charge on any atom is 0.253 e. The summed E-state index contributed by atoms with van der Waals surface area (Å²) in [5.41, 5.74) is 2.08. The molecule has 10 rings (SSSR count). The van der Waals surface area contributed by atoms with Gasteiger partial charge in [0.15, 0.2) is 5.79 Å². The van der Waals surface area contributed by atoms with E-state index in [9.17, 15) is 29.4 Å². The van der Waals surface area contributed by atoms with Gasteiger partial charge in [0.05, 0.1) is 145 Å². The highest BCUT2D eigenvalue weighted by molar-refractivity contribution is 6.12. The first-order valence-corrected chi connectivity index (χ1v) is 28.3. The van der Waals surface area contributed by atoms with Crippen molar-refractivity contribution in [1.29, 1.82) is 0 Å². The van der Waals surface area contributed by atoms with Crippen LogP contribution in [0.25, 0.3) is 0 Å². The predicted molar refractivity (Wildman–Crippen MR) is 268 cm³/mol. The zero-order valence-electron chi connectivity index (χ0n) is 44.4. The summed E-state index contributed by atoms with van der Waals surface area (Å²) in [5, 5.41) is 25.6. The van der Waals surface area contributed by atoms with E-state index >= 15 is 0 Å². The van der Waals surface area contributed by atoms with Gasteiger partial charge < -0.3 is 72.4 Å². The van der Waals surface area contributed by atoms with Gasteiger partial charge in [-0.25, -0.2) is 0 Å². The first-order chi connectivity index (χ1) is 36.8. The molecule has 20 atom stereocenters. The standard InChI is InChI=1S/C56H82N2O18/c1-31-23-36-5-7-41-32(2)24-38(70-41)11-13-56-29-40(61)49-53-50(54(49)75-56)55(76-56)52-42(74-53)8-6-37(72-52)25-34(59)26-39-44(28-43(71-36)33(31)3)73-45(51(39)65-4)27-35(60)30-57-46(62)12-15-66-17-19-68-21-22-69-20-18-67-16-14-58-47(63)9-10-48(58)64/h9-10,31,35-45,49-55,60-61H,2-3,5-8,11-30H2,1,4H3,(H,57,62)/t31-,35+,36+,37-,38+,39+,40-,41+,42+,43-,44+,45-,49+,50+,51-,52+,53+,54?,55-,56+/m1/s1. The lowest BCUT2D eigenvalue weighted by molar-refractivity contribution is -0.470. The van der Waals surface area contributed by atoms with Gasteiger partial charge in [-0.2, -0.15) is 0 Å². The topological polar surface area (TPSA) is 235 Å². The second kappa shape index (κ2) is 25.2.